The summed E-state index contributed by atoms with van der Waals surface area (Å²) in [6, 6.07) is 12.4. The molecular formula is C20H19N5. The van der Waals surface area contributed by atoms with Gasteiger partial charge in [0.25, 0.3) is 0 Å². The Balaban J connectivity index is 1.59. The third-order valence-electron chi connectivity index (χ3n) is 4.19. The van der Waals surface area contributed by atoms with E-state index in [0.717, 1.165) is 52.1 Å². The molecule has 0 atom stereocenters. The van der Waals surface area contributed by atoms with E-state index in [1.165, 1.54) is 0 Å². The molecule has 0 spiro atoms. The second-order valence-electron chi connectivity index (χ2n) is 6.08. The fourth-order valence-corrected chi connectivity index (χ4v) is 2.95. The summed E-state index contributed by atoms with van der Waals surface area (Å²) in [6.45, 7) is 2.13. The van der Waals surface area contributed by atoms with Crippen LogP contribution in [0.5, 0.6) is 0 Å². The minimum absolute atomic E-state index is 0.706. The Morgan fingerprint density at radius 3 is 2.76 bits per heavy atom. The number of fused-ring (bicyclic) bond motifs is 1. The Morgan fingerprint density at radius 2 is 1.92 bits per heavy atom. The Morgan fingerprint density at radius 1 is 1.00 bits per heavy atom. The Labute approximate surface area is 146 Å². The number of benzene rings is 1. The maximum atomic E-state index is 4.64. The Bertz CT molecular complexity index is 983. The summed E-state index contributed by atoms with van der Waals surface area (Å²) >= 11 is 0. The van der Waals surface area contributed by atoms with E-state index < -0.39 is 0 Å². The molecule has 0 aliphatic heterocycles. The zero-order valence-corrected chi connectivity index (χ0v) is 14.1. The summed E-state index contributed by atoms with van der Waals surface area (Å²) in [4.78, 5) is 13.5. The number of hydrogen-bond acceptors (Lipinski definition) is 4. The van der Waals surface area contributed by atoms with Gasteiger partial charge in [0.15, 0.2) is 5.82 Å². The summed E-state index contributed by atoms with van der Waals surface area (Å²) < 4.78 is 0. The maximum absolute atomic E-state index is 4.64. The van der Waals surface area contributed by atoms with Gasteiger partial charge in [-0.05, 0) is 23.4 Å². The molecule has 3 aromatic heterocycles. The molecule has 0 aliphatic rings. The molecular weight excluding hydrogens is 310 g/mol. The first-order valence-corrected chi connectivity index (χ1v) is 8.51. The average Bonchev–Trinajstić information content (AvgIpc) is 3.09. The third-order valence-corrected chi connectivity index (χ3v) is 4.19. The SMILES string of the molecule is CCCc1n[nH]c(Cc2ccc(-c3cncc4ccccc34)nc2)n1. The maximum Gasteiger partial charge on any atom is 0.150 e. The summed E-state index contributed by atoms with van der Waals surface area (Å²) in [6.07, 6.45) is 8.31. The van der Waals surface area contributed by atoms with E-state index in [9.17, 15) is 0 Å². The molecule has 1 N–H and O–H groups in total. The molecule has 0 fully saturated rings. The monoisotopic (exact) mass is 329 g/mol. The van der Waals surface area contributed by atoms with Crippen LogP contribution in [-0.4, -0.2) is 25.1 Å². The fraction of sp³-hybridized carbons (Fsp3) is 0.200. The van der Waals surface area contributed by atoms with Crippen LogP contribution in [0.15, 0.2) is 55.0 Å². The molecule has 0 unspecified atom stereocenters. The number of aromatic amines is 1. The molecule has 124 valence electrons. The van der Waals surface area contributed by atoms with Gasteiger partial charge in [-0.3, -0.25) is 15.1 Å². The molecule has 3 heterocycles. The van der Waals surface area contributed by atoms with Gasteiger partial charge in [-0.15, -0.1) is 0 Å². The van der Waals surface area contributed by atoms with E-state index in [0.29, 0.717) is 6.42 Å². The number of hydrogen-bond donors (Lipinski definition) is 1. The zero-order valence-electron chi connectivity index (χ0n) is 14.1. The molecule has 25 heavy (non-hydrogen) atoms. The second-order valence-corrected chi connectivity index (χ2v) is 6.08. The topological polar surface area (TPSA) is 67.3 Å². The molecule has 0 saturated carbocycles. The average molecular weight is 329 g/mol. The van der Waals surface area contributed by atoms with Gasteiger partial charge in [-0.2, -0.15) is 5.10 Å². The lowest BCUT2D eigenvalue weighted by atomic mass is 10.0. The highest BCUT2D eigenvalue weighted by molar-refractivity contribution is 5.94. The van der Waals surface area contributed by atoms with Crippen LogP contribution < -0.4 is 0 Å². The summed E-state index contributed by atoms with van der Waals surface area (Å²) in [5.74, 6) is 1.76. The number of aromatic nitrogens is 5. The first-order valence-electron chi connectivity index (χ1n) is 8.51. The zero-order chi connectivity index (χ0) is 17.1. The normalized spacial score (nSPS) is 11.1. The summed E-state index contributed by atoms with van der Waals surface area (Å²) in [7, 11) is 0. The molecule has 4 rings (SSSR count). The molecule has 1 aromatic carbocycles. The van der Waals surface area contributed by atoms with Crippen LogP contribution in [0.25, 0.3) is 22.0 Å². The number of H-pyrrole nitrogens is 1. The molecule has 0 bridgehead atoms. The lowest BCUT2D eigenvalue weighted by molar-refractivity contribution is 0.841. The van der Waals surface area contributed by atoms with Crippen LogP contribution in [0.4, 0.5) is 0 Å². The van der Waals surface area contributed by atoms with Crippen LogP contribution in [-0.2, 0) is 12.8 Å². The largest absolute Gasteiger partial charge is 0.263 e. The van der Waals surface area contributed by atoms with E-state index in [1.54, 1.807) is 0 Å². The van der Waals surface area contributed by atoms with Gasteiger partial charge >= 0.3 is 0 Å². The van der Waals surface area contributed by atoms with E-state index in [4.69, 9.17) is 0 Å². The van der Waals surface area contributed by atoms with Crippen molar-refractivity contribution in [3.8, 4) is 11.3 Å². The van der Waals surface area contributed by atoms with Gasteiger partial charge in [0.2, 0.25) is 0 Å². The van der Waals surface area contributed by atoms with Crippen LogP contribution in [0.3, 0.4) is 0 Å². The van der Waals surface area contributed by atoms with Gasteiger partial charge in [-0.25, -0.2) is 4.98 Å². The van der Waals surface area contributed by atoms with Gasteiger partial charge in [-0.1, -0.05) is 37.3 Å². The van der Waals surface area contributed by atoms with Crippen molar-refractivity contribution >= 4 is 10.8 Å². The highest BCUT2D eigenvalue weighted by atomic mass is 15.2. The number of aryl methyl sites for hydroxylation is 1. The van der Waals surface area contributed by atoms with Gasteiger partial charge < -0.3 is 0 Å². The van der Waals surface area contributed by atoms with Crippen LogP contribution >= 0.6 is 0 Å². The predicted molar refractivity (Wildman–Crippen MR) is 98.2 cm³/mol. The molecule has 4 aromatic rings. The van der Waals surface area contributed by atoms with Crippen molar-refractivity contribution in [3.05, 3.63) is 72.2 Å². The molecule has 5 nitrogen and oxygen atoms in total. The minimum atomic E-state index is 0.706. The Hall–Kier alpha value is -3.08. The lowest BCUT2D eigenvalue weighted by Crippen LogP contribution is -1.94. The number of rotatable bonds is 5. The van der Waals surface area contributed by atoms with Crippen molar-refractivity contribution < 1.29 is 0 Å². The fourth-order valence-electron chi connectivity index (χ4n) is 2.95. The van der Waals surface area contributed by atoms with Gasteiger partial charge in [0.05, 0.1) is 5.69 Å². The van der Waals surface area contributed by atoms with E-state index >= 15 is 0 Å². The summed E-state index contributed by atoms with van der Waals surface area (Å²) in [5.41, 5.74) is 3.09. The van der Waals surface area contributed by atoms with Crippen molar-refractivity contribution in [2.75, 3.05) is 0 Å². The highest BCUT2D eigenvalue weighted by Gasteiger charge is 2.07. The van der Waals surface area contributed by atoms with Crippen LogP contribution in [0.1, 0.15) is 30.6 Å². The van der Waals surface area contributed by atoms with E-state index in [2.05, 4.69) is 50.3 Å². The molecule has 5 heteroatoms. The van der Waals surface area contributed by atoms with Crippen molar-refractivity contribution in [1.82, 2.24) is 25.1 Å². The standard InChI is InChI=1S/C20H19N5/c1-2-5-19-23-20(25-24-19)10-14-8-9-18(22-11-14)17-13-21-12-15-6-3-4-7-16(15)17/h3-4,6-9,11-13H,2,5,10H2,1H3,(H,23,24,25). The van der Waals surface area contributed by atoms with Crippen molar-refractivity contribution in [1.29, 1.82) is 0 Å². The number of nitrogens with one attached hydrogen (secondary N) is 1. The molecule has 0 saturated heterocycles. The van der Waals surface area contributed by atoms with Crippen LogP contribution in [0.2, 0.25) is 0 Å². The van der Waals surface area contributed by atoms with E-state index in [-0.39, 0.29) is 0 Å². The quantitative estimate of drug-likeness (QED) is 0.602. The number of pyridine rings is 2. The van der Waals surface area contributed by atoms with Gasteiger partial charge in [0.1, 0.15) is 5.82 Å². The van der Waals surface area contributed by atoms with Crippen LogP contribution in [0, 0.1) is 0 Å². The highest BCUT2D eigenvalue weighted by Crippen LogP contribution is 2.26. The Kier molecular flexibility index (Phi) is 4.21. The predicted octanol–water partition coefficient (Wildman–Crippen LogP) is 3.96. The smallest absolute Gasteiger partial charge is 0.150 e. The minimum Gasteiger partial charge on any atom is -0.263 e. The number of nitrogens with zero attached hydrogens (tertiary/aromatic N) is 4. The van der Waals surface area contributed by atoms with Crippen molar-refractivity contribution in [2.24, 2.45) is 0 Å². The van der Waals surface area contributed by atoms with Crippen molar-refractivity contribution in [3.63, 3.8) is 0 Å². The second kappa shape index (κ2) is 6.81. The summed E-state index contributed by atoms with van der Waals surface area (Å²) in [5, 5.41) is 9.53. The first kappa shape index (κ1) is 15.4. The molecule has 0 amide bonds. The van der Waals surface area contributed by atoms with E-state index in [1.807, 2.05) is 36.8 Å². The lowest BCUT2D eigenvalue weighted by Gasteiger charge is -2.06. The molecule has 0 radical (unpaired) electrons. The third kappa shape index (κ3) is 3.26. The van der Waals surface area contributed by atoms with Crippen molar-refractivity contribution in [2.45, 2.75) is 26.2 Å². The molecule has 0 aliphatic carbocycles. The van der Waals surface area contributed by atoms with Gasteiger partial charge in [0, 0.05) is 42.4 Å². The first-order chi connectivity index (χ1) is 12.3.